The van der Waals surface area contributed by atoms with E-state index in [0.29, 0.717) is 5.75 Å². The second-order valence-electron chi connectivity index (χ2n) is 4.71. The number of methoxy groups -OCH3 is 1. The van der Waals surface area contributed by atoms with E-state index in [1.165, 1.54) is 13.2 Å². The molecule has 0 saturated heterocycles. The van der Waals surface area contributed by atoms with E-state index in [-0.39, 0.29) is 12.4 Å². The van der Waals surface area contributed by atoms with E-state index in [1.807, 2.05) is 30.3 Å². The number of carbonyl (C=O) groups excluding carboxylic acids is 1. The van der Waals surface area contributed by atoms with E-state index in [2.05, 4.69) is 0 Å². The third-order valence-corrected chi connectivity index (χ3v) is 3.05. The number of phenolic OH excluding ortho intramolecular Hbond substituents is 1. The maximum Gasteiger partial charge on any atom is 0.331 e. The number of hydrogen-bond donors (Lipinski definition) is 1. The standard InChI is InChI=1S/C19H18O4/c1-22-18-14-16(9-11-17(18)20)8-5-13-23-19(21)12-10-15-6-3-2-4-7-15/h2-12,14,20H,13H2,1H3. The molecule has 0 aliphatic carbocycles. The monoisotopic (exact) mass is 310 g/mol. The van der Waals surface area contributed by atoms with Crippen molar-refractivity contribution in [1.82, 2.24) is 0 Å². The van der Waals surface area contributed by atoms with Gasteiger partial charge in [-0.15, -0.1) is 0 Å². The predicted octanol–water partition coefficient (Wildman–Crippen LogP) is 3.67. The summed E-state index contributed by atoms with van der Waals surface area (Å²) in [5, 5.41) is 9.51. The van der Waals surface area contributed by atoms with Crippen LogP contribution in [0.1, 0.15) is 11.1 Å². The van der Waals surface area contributed by atoms with Gasteiger partial charge in [-0.25, -0.2) is 4.79 Å². The van der Waals surface area contributed by atoms with Gasteiger partial charge in [0.15, 0.2) is 11.5 Å². The minimum absolute atomic E-state index is 0.0853. The van der Waals surface area contributed by atoms with Crippen molar-refractivity contribution < 1.29 is 19.4 Å². The molecule has 23 heavy (non-hydrogen) atoms. The SMILES string of the molecule is COc1cc(C=CCOC(=O)C=Cc2ccccc2)ccc1O. The number of phenols is 1. The lowest BCUT2D eigenvalue weighted by Gasteiger charge is -2.03. The summed E-state index contributed by atoms with van der Waals surface area (Å²) in [5.74, 6) is 0.0823. The van der Waals surface area contributed by atoms with Crippen molar-refractivity contribution in [3.63, 3.8) is 0 Å². The fourth-order valence-corrected chi connectivity index (χ4v) is 1.89. The smallest absolute Gasteiger partial charge is 0.331 e. The first kappa shape index (κ1) is 16.4. The summed E-state index contributed by atoms with van der Waals surface area (Å²) >= 11 is 0. The van der Waals surface area contributed by atoms with Gasteiger partial charge in [0.2, 0.25) is 0 Å². The first-order valence-corrected chi connectivity index (χ1v) is 7.12. The molecule has 0 aromatic heterocycles. The topological polar surface area (TPSA) is 55.8 Å². The predicted molar refractivity (Wildman–Crippen MR) is 90.1 cm³/mol. The molecular weight excluding hydrogens is 292 g/mol. The molecule has 1 N–H and O–H groups in total. The summed E-state index contributed by atoms with van der Waals surface area (Å²) in [6, 6.07) is 14.5. The average molecular weight is 310 g/mol. The third-order valence-electron chi connectivity index (χ3n) is 3.05. The van der Waals surface area contributed by atoms with Crippen LogP contribution in [-0.4, -0.2) is 24.8 Å². The lowest BCUT2D eigenvalue weighted by atomic mass is 10.2. The Bertz CT molecular complexity index is 703. The van der Waals surface area contributed by atoms with Crippen LogP contribution < -0.4 is 4.74 Å². The van der Waals surface area contributed by atoms with Crippen LogP contribution >= 0.6 is 0 Å². The number of esters is 1. The Morgan fingerprint density at radius 1 is 1.09 bits per heavy atom. The average Bonchev–Trinajstić information content (AvgIpc) is 2.59. The lowest BCUT2D eigenvalue weighted by Crippen LogP contribution is -1.99. The number of ether oxygens (including phenoxy) is 2. The molecule has 0 bridgehead atoms. The van der Waals surface area contributed by atoms with E-state index >= 15 is 0 Å². The fraction of sp³-hybridized carbons (Fsp3) is 0.105. The van der Waals surface area contributed by atoms with Gasteiger partial charge >= 0.3 is 5.97 Å². The van der Waals surface area contributed by atoms with Gasteiger partial charge in [0.25, 0.3) is 0 Å². The highest BCUT2D eigenvalue weighted by Crippen LogP contribution is 2.26. The van der Waals surface area contributed by atoms with Crippen LogP contribution in [0.5, 0.6) is 11.5 Å². The van der Waals surface area contributed by atoms with Crippen molar-refractivity contribution >= 4 is 18.1 Å². The summed E-state index contributed by atoms with van der Waals surface area (Å²) < 4.78 is 10.1. The Morgan fingerprint density at radius 2 is 1.87 bits per heavy atom. The van der Waals surface area contributed by atoms with E-state index in [4.69, 9.17) is 9.47 Å². The van der Waals surface area contributed by atoms with Gasteiger partial charge in [0, 0.05) is 6.08 Å². The zero-order valence-electron chi connectivity index (χ0n) is 12.8. The van der Waals surface area contributed by atoms with Crippen LogP contribution in [0.2, 0.25) is 0 Å². The van der Waals surface area contributed by atoms with Crippen LogP contribution in [0.3, 0.4) is 0 Å². The van der Waals surface area contributed by atoms with Crippen LogP contribution in [0.15, 0.2) is 60.7 Å². The Morgan fingerprint density at radius 3 is 2.61 bits per heavy atom. The molecule has 0 atom stereocenters. The number of benzene rings is 2. The van der Waals surface area contributed by atoms with Gasteiger partial charge in [-0.3, -0.25) is 0 Å². The van der Waals surface area contributed by atoms with Crippen LogP contribution in [0.25, 0.3) is 12.2 Å². The van der Waals surface area contributed by atoms with Gasteiger partial charge in [-0.05, 0) is 35.4 Å². The number of aromatic hydroxyl groups is 1. The molecule has 4 nitrogen and oxygen atoms in total. The molecule has 2 rings (SSSR count). The summed E-state index contributed by atoms with van der Waals surface area (Å²) in [6.07, 6.45) is 6.61. The van der Waals surface area contributed by atoms with Crippen molar-refractivity contribution in [1.29, 1.82) is 0 Å². The fourth-order valence-electron chi connectivity index (χ4n) is 1.89. The number of hydrogen-bond acceptors (Lipinski definition) is 4. The Hall–Kier alpha value is -3.01. The molecule has 0 radical (unpaired) electrons. The molecule has 0 aliphatic heterocycles. The minimum atomic E-state index is -0.401. The second-order valence-corrected chi connectivity index (χ2v) is 4.71. The highest BCUT2D eigenvalue weighted by molar-refractivity contribution is 5.87. The van der Waals surface area contributed by atoms with Crippen molar-refractivity contribution in [3.8, 4) is 11.5 Å². The Balaban J connectivity index is 1.82. The normalized spacial score (nSPS) is 11.0. The molecule has 118 valence electrons. The van der Waals surface area contributed by atoms with Crippen molar-refractivity contribution in [2.45, 2.75) is 0 Å². The van der Waals surface area contributed by atoms with Gasteiger partial charge in [0.05, 0.1) is 7.11 Å². The zero-order valence-corrected chi connectivity index (χ0v) is 12.8. The molecule has 0 amide bonds. The van der Waals surface area contributed by atoms with Gasteiger partial charge in [-0.1, -0.05) is 42.5 Å². The summed E-state index contributed by atoms with van der Waals surface area (Å²) in [4.78, 5) is 11.6. The molecule has 4 heteroatoms. The quantitative estimate of drug-likeness (QED) is 0.653. The first-order chi connectivity index (χ1) is 11.2. The number of rotatable bonds is 6. The molecule has 2 aromatic carbocycles. The van der Waals surface area contributed by atoms with Gasteiger partial charge in [0.1, 0.15) is 6.61 Å². The summed E-state index contributed by atoms with van der Waals surface area (Å²) in [7, 11) is 1.49. The molecule has 0 heterocycles. The van der Waals surface area contributed by atoms with E-state index in [9.17, 15) is 9.90 Å². The highest BCUT2D eigenvalue weighted by atomic mass is 16.5. The van der Waals surface area contributed by atoms with E-state index in [1.54, 1.807) is 36.4 Å². The second kappa shape index (κ2) is 8.44. The first-order valence-electron chi connectivity index (χ1n) is 7.12. The molecule has 0 fully saturated rings. The molecule has 0 spiro atoms. The lowest BCUT2D eigenvalue weighted by molar-refractivity contribution is -0.136. The van der Waals surface area contributed by atoms with Crippen LogP contribution in [0.4, 0.5) is 0 Å². The molecule has 0 aliphatic rings. The maximum atomic E-state index is 11.6. The minimum Gasteiger partial charge on any atom is -0.504 e. The number of carbonyl (C=O) groups is 1. The Labute approximate surface area is 135 Å². The van der Waals surface area contributed by atoms with Crippen molar-refractivity contribution in [2.24, 2.45) is 0 Å². The Kier molecular flexibility index (Phi) is 6.00. The van der Waals surface area contributed by atoms with Gasteiger partial charge in [-0.2, -0.15) is 0 Å². The molecule has 2 aromatic rings. The third kappa shape index (κ3) is 5.36. The molecule has 0 saturated carbocycles. The zero-order chi connectivity index (χ0) is 16.5. The summed E-state index contributed by atoms with van der Waals surface area (Å²) in [5.41, 5.74) is 1.78. The van der Waals surface area contributed by atoms with Crippen molar-refractivity contribution in [3.05, 3.63) is 71.8 Å². The van der Waals surface area contributed by atoms with Crippen LogP contribution in [-0.2, 0) is 9.53 Å². The maximum absolute atomic E-state index is 11.6. The highest BCUT2D eigenvalue weighted by Gasteiger charge is 2.00. The van der Waals surface area contributed by atoms with E-state index < -0.39 is 5.97 Å². The molecule has 0 unspecified atom stereocenters. The summed E-state index contributed by atoms with van der Waals surface area (Å²) in [6.45, 7) is 0.168. The van der Waals surface area contributed by atoms with Gasteiger partial charge < -0.3 is 14.6 Å². The van der Waals surface area contributed by atoms with Crippen molar-refractivity contribution in [2.75, 3.05) is 13.7 Å². The molecular formula is C19H18O4. The van der Waals surface area contributed by atoms with Crippen LogP contribution in [0, 0.1) is 0 Å². The van der Waals surface area contributed by atoms with E-state index in [0.717, 1.165) is 11.1 Å². The largest absolute Gasteiger partial charge is 0.504 e.